The van der Waals surface area contributed by atoms with Crippen molar-refractivity contribution in [3.05, 3.63) is 0 Å². The highest BCUT2D eigenvalue weighted by molar-refractivity contribution is 7.99. The molecule has 58 valence electrons. The van der Waals surface area contributed by atoms with E-state index in [0.29, 0.717) is 12.2 Å². The molecule has 0 amide bonds. The van der Waals surface area contributed by atoms with Crippen LogP contribution in [-0.4, -0.2) is 36.9 Å². The molecule has 2 rings (SSSR count). The van der Waals surface area contributed by atoms with E-state index < -0.39 is 0 Å². The topological polar surface area (TPSA) is 18.5 Å². The van der Waals surface area contributed by atoms with Crippen molar-refractivity contribution >= 4 is 11.8 Å². The Kier molecular flexibility index (Phi) is 2.16. The summed E-state index contributed by atoms with van der Waals surface area (Å²) < 4.78 is 11.2. The van der Waals surface area contributed by atoms with Gasteiger partial charge in [0.25, 0.3) is 0 Å². The lowest BCUT2D eigenvalue weighted by atomic mass is 10.3. The summed E-state index contributed by atoms with van der Waals surface area (Å²) in [5.41, 5.74) is 0. The van der Waals surface area contributed by atoms with Gasteiger partial charge in [-0.3, -0.25) is 0 Å². The smallest absolute Gasteiger partial charge is 0.0934 e. The maximum Gasteiger partial charge on any atom is 0.0934 e. The molecule has 2 aliphatic rings. The highest BCUT2D eigenvalue weighted by Crippen LogP contribution is 2.25. The van der Waals surface area contributed by atoms with Gasteiger partial charge in [-0.1, -0.05) is 0 Å². The molecule has 2 heterocycles. The van der Waals surface area contributed by atoms with Gasteiger partial charge in [0.2, 0.25) is 0 Å². The summed E-state index contributed by atoms with van der Waals surface area (Å²) in [6.07, 6.45) is 1.86. The van der Waals surface area contributed by atoms with Crippen molar-refractivity contribution in [2.45, 2.75) is 18.6 Å². The van der Waals surface area contributed by atoms with Crippen LogP contribution in [0.3, 0.4) is 0 Å². The second-order valence-electron chi connectivity index (χ2n) is 2.71. The van der Waals surface area contributed by atoms with Crippen LogP contribution in [0, 0.1) is 0 Å². The Bertz CT molecular complexity index is 106. The summed E-state index contributed by atoms with van der Waals surface area (Å²) >= 11 is 1.94. The van der Waals surface area contributed by atoms with Gasteiger partial charge in [-0.05, 0) is 6.42 Å². The molecule has 2 nitrogen and oxygen atoms in total. The Balaban J connectivity index is 1.95. The number of hydrogen-bond donors (Lipinski definition) is 0. The third-order valence-electron chi connectivity index (χ3n) is 1.93. The quantitative estimate of drug-likeness (QED) is 0.524. The average Bonchev–Trinajstić information content (AvgIpc) is 2.28. The number of fused-ring (bicyclic) bond motifs is 1. The third kappa shape index (κ3) is 1.31. The Morgan fingerprint density at radius 2 is 1.60 bits per heavy atom. The Morgan fingerprint density at radius 3 is 2.20 bits per heavy atom. The van der Waals surface area contributed by atoms with Gasteiger partial charge in [0.15, 0.2) is 0 Å². The summed E-state index contributed by atoms with van der Waals surface area (Å²) in [7, 11) is 0. The van der Waals surface area contributed by atoms with E-state index in [2.05, 4.69) is 0 Å². The fourth-order valence-electron chi connectivity index (χ4n) is 1.35. The summed E-state index contributed by atoms with van der Waals surface area (Å²) in [5, 5.41) is 0. The van der Waals surface area contributed by atoms with Crippen molar-refractivity contribution in [2.24, 2.45) is 0 Å². The van der Waals surface area contributed by atoms with Gasteiger partial charge in [0.1, 0.15) is 0 Å². The highest BCUT2D eigenvalue weighted by Gasteiger charge is 2.30. The van der Waals surface area contributed by atoms with Crippen LogP contribution in [0.5, 0.6) is 0 Å². The highest BCUT2D eigenvalue weighted by atomic mass is 32.2. The third-order valence-corrected chi connectivity index (χ3v) is 3.06. The normalized spacial score (nSPS) is 40.8. The number of rotatable bonds is 0. The molecule has 2 atom stereocenters. The van der Waals surface area contributed by atoms with Crippen LogP contribution in [0.2, 0.25) is 0 Å². The van der Waals surface area contributed by atoms with Gasteiger partial charge in [-0.2, -0.15) is 11.8 Å². The largest absolute Gasteiger partial charge is 0.375 e. The molecule has 2 aliphatic heterocycles. The van der Waals surface area contributed by atoms with E-state index in [1.54, 1.807) is 0 Å². The van der Waals surface area contributed by atoms with E-state index in [1.807, 2.05) is 11.8 Å². The molecule has 2 unspecified atom stereocenters. The summed E-state index contributed by atoms with van der Waals surface area (Å²) in [6, 6.07) is 0. The van der Waals surface area contributed by atoms with Crippen LogP contribution in [0.15, 0.2) is 0 Å². The molecule has 0 aliphatic carbocycles. The molecule has 0 aromatic carbocycles. The molecule has 0 spiro atoms. The molecule has 0 N–H and O–H groups in total. The fraction of sp³-hybridized carbons (Fsp3) is 1.00. The number of thioether (sulfide) groups is 1. The van der Waals surface area contributed by atoms with Crippen LogP contribution in [-0.2, 0) is 9.47 Å². The van der Waals surface area contributed by atoms with Gasteiger partial charge >= 0.3 is 0 Å². The minimum absolute atomic E-state index is 0.396. The minimum Gasteiger partial charge on any atom is -0.375 e. The molecular weight excluding hydrogens is 148 g/mol. The predicted octanol–water partition coefficient (Wildman–Crippen LogP) is 0.907. The molecule has 0 aromatic heterocycles. The summed E-state index contributed by atoms with van der Waals surface area (Å²) in [4.78, 5) is 0. The van der Waals surface area contributed by atoms with E-state index in [-0.39, 0.29) is 0 Å². The first-order valence-electron chi connectivity index (χ1n) is 3.78. The van der Waals surface area contributed by atoms with Crippen LogP contribution in [0.1, 0.15) is 6.42 Å². The Morgan fingerprint density at radius 1 is 1.00 bits per heavy atom. The molecule has 0 bridgehead atoms. The lowest BCUT2D eigenvalue weighted by Crippen LogP contribution is -2.27. The van der Waals surface area contributed by atoms with Crippen LogP contribution in [0.4, 0.5) is 0 Å². The lowest BCUT2D eigenvalue weighted by Gasteiger charge is -2.14. The second-order valence-corrected chi connectivity index (χ2v) is 3.78. The Labute approximate surface area is 65.3 Å². The van der Waals surface area contributed by atoms with Crippen LogP contribution < -0.4 is 0 Å². The first-order chi connectivity index (χ1) is 4.97. The van der Waals surface area contributed by atoms with Crippen LogP contribution >= 0.6 is 11.8 Å². The number of ether oxygens (including phenoxy) is 2. The summed E-state index contributed by atoms with van der Waals surface area (Å²) in [5.74, 6) is 2.26. The molecule has 10 heavy (non-hydrogen) atoms. The van der Waals surface area contributed by atoms with Crippen molar-refractivity contribution in [2.75, 3.05) is 24.7 Å². The fourth-order valence-corrected chi connectivity index (χ4v) is 2.58. The molecule has 0 aromatic rings. The van der Waals surface area contributed by atoms with Gasteiger partial charge in [-0.15, -0.1) is 0 Å². The molecule has 3 heteroatoms. The predicted molar refractivity (Wildman–Crippen MR) is 41.4 cm³/mol. The zero-order valence-electron chi connectivity index (χ0n) is 5.91. The molecule has 0 radical (unpaired) electrons. The lowest BCUT2D eigenvalue weighted by molar-refractivity contribution is -0.00461. The average molecular weight is 160 g/mol. The maximum atomic E-state index is 5.58. The molecule has 2 saturated heterocycles. The van der Waals surface area contributed by atoms with Crippen LogP contribution in [0.25, 0.3) is 0 Å². The van der Waals surface area contributed by atoms with E-state index in [4.69, 9.17) is 9.47 Å². The monoisotopic (exact) mass is 160 g/mol. The van der Waals surface area contributed by atoms with E-state index in [1.165, 1.54) is 0 Å². The summed E-state index contributed by atoms with van der Waals surface area (Å²) in [6.45, 7) is 1.78. The van der Waals surface area contributed by atoms with Gasteiger partial charge < -0.3 is 9.47 Å². The molecular formula is C7H12O2S. The van der Waals surface area contributed by atoms with E-state index in [0.717, 1.165) is 31.1 Å². The van der Waals surface area contributed by atoms with E-state index in [9.17, 15) is 0 Å². The number of hydrogen-bond acceptors (Lipinski definition) is 3. The van der Waals surface area contributed by atoms with Crippen molar-refractivity contribution in [3.8, 4) is 0 Å². The van der Waals surface area contributed by atoms with Crippen molar-refractivity contribution in [1.82, 2.24) is 0 Å². The van der Waals surface area contributed by atoms with Gasteiger partial charge in [0, 0.05) is 24.7 Å². The van der Waals surface area contributed by atoms with Gasteiger partial charge in [0.05, 0.1) is 12.2 Å². The van der Waals surface area contributed by atoms with E-state index >= 15 is 0 Å². The zero-order chi connectivity index (χ0) is 6.81. The first kappa shape index (κ1) is 6.95. The molecule has 0 saturated carbocycles. The molecule has 2 fully saturated rings. The van der Waals surface area contributed by atoms with Crippen molar-refractivity contribution in [1.29, 1.82) is 0 Å². The Hall–Kier alpha value is 0.270. The SMILES string of the molecule is C1COC2CSCC2OC1. The van der Waals surface area contributed by atoms with Gasteiger partial charge in [-0.25, -0.2) is 0 Å². The maximum absolute atomic E-state index is 5.58. The standard InChI is InChI=1S/C7H12O2S/c1-2-8-6-4-10-5-7(6)9-3-1/h6-7H,1-5H2. The second kappa shape index (κ2) is 3.11. The minimum atomic E-state index is 0.396. The first-order valence-corrected chi connectivity index (χ1v) is 4.93. The van der Waals surface area contributed by atoms with Crippen molar-refractivity contribution < 1.29 is 9.47 Å². The van der Waals surface area contributed by atoms with Crippen molar-refractivity contribution in [3.63, 3.8) is 0 Å². The zero-order valence-corrected chi connectivity index (χ0v) is 6.73.